The van der Waals surface area contributed by atoms with E-state index in [0.29, 0.717) is 29.0 Å². The zero-order valence-corrected chi connectivity index (χ0v) is 16.6. The van der Waals surface area contributed by atoms with Crippen LogP contribution in [0.25, 0.3) is 10.8 Å². The Bertz CT molecular complexity index is 1370. The minimum atomic E-state index is -1.15. The Morgan fingerprint density at radius 1 is 1.06 bits per heavy atom. The molecule has 3 atom stereocenters. The monoisotopic (exact) mass is 437 g/mol. The maximum absolute atomic E-state index is 14.3. The van der Waals surface area contributed by atoms with Gasteiger partial charge in [-0.25, -0.2) is 13.9 Å². The standard InChI is InChI=1S/C22H17F2N5O3/c23-11-3-1-10(2-4-11)18-20(29-9-25-22(29)8-13(30)7-16(22)31)19-17-14(21(32)28-27-19)5-12(24)6-15(17)26-18/h1-6,18,20,25-26H,7-9H2,(H,28,32). The second-order valence-corrected chi connectivity index (χ2v) is 8.41. The Hall–Kier alpha value is -3.50. The molecule has 2 fully saturated rings. The number of H-pyrrole nitrogens is 1. The molecule has 1 saturated heterocycles. The fourth-order valence-electron chi connectivity index (χ4n) is 5.18. The SMILES string of the molecule is O=C1CC(=O)C2(C1)NCN2C1c2n[nH]c(=O)c3cc(F)cc(c23)NC1c1ccc(F)cc1. The van der Waals surface area contributed by atoms with E-state index < -0.39 is 34.9 Å². The molecular formula is C22H17F2N5O3. The van der Waals surface area contributed by atoms with Crippen molar-refractivity contribution in [2.75, 3.05) is 12.0 Å². The first kappa shape index (κ1) is 19.2. The lowest BCUT2D eigenvalue weighted by Gasteiger charge is -2.55. The van der Waals surface area contributed by atoms with E-state index in [1.54, 1.807) is 12.1 Å². The molecule has 3 aliphatic rings. The number of carbonyl (C=O) groups is 2. The minimum absolute atomic E-state index is 0.0290. The largest absolute Gasteiger partial charge is 0.376 e. The van der Waals surface area contributed by atoms with Crippen LogP contribution in [0.3, 0.4) is 0 Å². The zero-order valence-electron chi connectivity index (χ0n) is 16.6. The molecule has 3 N–H and O–H groups in total. The molecule has 10 heteroatoms. The van der Waals surface area contributed by atoms with Gasteiger partial charge < -0.3 is 5.32 Å². The molecule has 8 nitrogen and oxygen atoms in total. The Morgan fingerprint density at radius 3 is 2.50 bits per heavy atom. The molecule has 162 valence electrons. The minimum Gasteiger partial charge on any atom is -0.376 e. The highest BCUT2D eigenvalue weighted by atomic mass is 19.1. The number of Topliss-reactive ketones (excluding diaryl/α,β-unsaturated/α-hetero) is 2. The molecule has 1 aromatic heterocycles. The number of ketones is 2. The lowest BCUT2D eigenvalue weighted by Crippen LogP contribution is -2.76. The Balaban J connectivity index is 1.58. The first-order chi connectivity index (χ1) is 15.4. The summed E-state index contributed by atoms with van der Waals surface area (Å²) in [5.41, 5.74) is -0.157. The highest BCUT2D eigenvalue weighted by Crippen LogP contribution is 2.50. The van der Waals surface area contributed by atoms with E-state index >= 15 is 0 Å². The van der Waals surface area contributed by atoms with E-state index in [4.69, 9.17) is 0 Å². The number of aromatic nitrogens is 2. The van der Waals surface area contributed by atoms with Gasteiger partial charge in [-0.05, 0) is 29.8 Å². The van der Waals surface area contributed by atoms with Crippen LogP contribution < -0.4 is 16.2 Å². The number of nitrogens with zero attached hydrogens (tertiary/aromatic N) is 2. The Morgan fingerprint density at radius 2 is 1.84 bits per heavy atom. The molecule has 0 amide bonds. The summed E-state index contributed by atoms with van der Waals surface area (Å²) in [5, 5.41) is 13.7. The summed E-state index contributed by atoms with van der Waals surface area (Å²) < 4.78 is 27.9. The van der Waals surface area contributed by atoms with Gasteiger partial charge >= 0.3 is 0 Å². The van der Waals surface area contributed by atoms with Gasteiger partial charge in [0.1, 0.15) is 23.1 Å². The van der Waals surface area contributed by atoms with E-state index in [2.05, 4.69) is 20.8 Å². The molecule has 1 saturated carbocycles. The van der Waals surface area contributed by atoms with Gasteiger partial charge in [-0.3, -0.25) is 24.6 Å². The lowest BCUT2D eigenvalue weighted by atomic mass is 9.85. The van der Waals surface area contributed by atoms with Crippen LogP contribution in [0.2, 0.25) is 0 Å². The van der Waals surface area contributed by atoms with E-state index in [1.807, 2.05) is 4.90 Å². The van der Waals surface area contributed by atoms with Crippen LogP contribution >= 0.6 is 0 Å². The fraction of sp³-hybridized carbons (Fsp3) is 0.273. The van der Waals surface area contributed by atoms with Crippen molar-refractivity contribution in [1.82, 2.24) is 20.4 Å². The number of carbonyl (C=O) groups excluding carboxylic acids is 2. The second-order valence-electron chi connectivity index (χ2n) is 8.41. The molecule has 0 radical (unpaired) electrons. The van der Waals surface area contributed by atoms with Crippen LogP contribution in [0.4, 0.5) is 14.5 Å². The molecule has 3 unspecified atom stereocenters. The third-order valence-electron chi connectivity index (χ3n) is 6.66. The van der Waals surface area contributed by atoms with Crippen molar-refractivity contribution >= 4 is 28.0 Å². The van der Waals surface area contributed by atoms with Gasteiger partial charge in [0.25, 0.3) is 5.56 Å². The average molecular weight is 437 g/mol. The smallest absolute Gasteiger partial charge is 0.272 e. The van der Waals surface area contributed by atoms with E-state index in [-0.39, 0.29) is 29.8 Å². The van der Waals surface area contributed by atoms with Crippen LogP contribution in [-0.4, -0.2) is 39.0 Å². The molecule has 3 heterocycles. The molecule has 3 aromatic rings. The number of anilines is 1. The van der Waals surface area contributed by atoms with Crippen molar-refractivity contribution < 1.29 is 18.4 Å². The van der Waals surface area contributed by atoms with Gasteiger partial charge in [0.05, 0.1) is 36.3 Å². The van der Waals surface area contributed by atoms with Crippen molar-refractivity contribution in [3.8, 4) is 0 Å². The second kappa shape index (κ2) is 6.50. The van der Waals surface area contributed by atoms with Crippen molar-refractivity contribution in [3.05, 3.63) is 69.6 Å². The number of hydrogen-bond donors (Lipinski definition) is 3. The van der Waals surface area contributed by atoms with E-state index in [1.165, 1.54) is 18.2 Å². The van der Waals surface area contributed by atoms with Gasteiger partial charge in [-0.15, -0.1) is 0 Å². The van der Waals surface area contributed by atoms with Gasteiger partial charge in [-0.2, -0.15) is 5.10 Å². The molecule has 0 bridgehead atoms. The van der Waals surface area contributed by atoms with E-state index in [0.717, 1.165) is 6.07 Å². The van der Waals surface area contributed by atoms with Crippen LogP contribution in [0.1, 0.15) is 36.2 Å². The Labute approximate surface area is 179 Å². The molecule has 2 aliphatic heterocycles. The van der Waals surface area contributed by atoms with Crippen molar-refractivity contribution in [2.45, 2.75) is 30.6 Å². The summed E-state index contributed by atoms with van der Waals surface area (Å²) >= 11 is 0. The first-order valence-electron chi connectivity index (χ1n) is 10.2. The maximum atomic E-state index is 14.3. The van der Waals surface area contributed by atoms with Crippen LogP contribution in [0.15, 0.2) is 41.2 Å². The molecule has 1 spiro atoms. The fourth-order valence-corrected chi connectivity index (χ4v) is 5.18. The molecule has 1 aliphatic carbocycles. The molecule has 6 rings (SSSR count). The zero-order chi connectivity index (χ0) is 22.2. The third kappa shape index (κ3) is 2.53. The highest BCUT2D eigenvalue weighted by molar-refractivity contribution is 6.12. The number of hydrogen-bond acceptors (Lipinski definition) is 7. The summed E-state index contributed by atoms with van der Waals surface area (Å²) in [6, 6.07) is 7.15. The van der Waals surface area contributed by atoms with Crippen LogP contribution in [0, 0.1) is 11.6 Å². The van der Waals surface area contributed by atoms with Gasteiger partial charge in [0.2, 0.25) is 0 Å². The Kier molecular flexibility index (Phi) is 3.90. The summed E-state index contributed by atoms with van der Waals surface area (Å²) in [5.74, 6) is -1.37. The predicted molar refractivity (Wildman–Crippen MR) is 110 cm³/mol. The number of halogens is 2. The highest BCUT2D eigenvalue weighted by Gasteiger charge is 2.60. The maximum Gasteiger partial charge on any atom is 0.272 e. The predicted octanol–water partition coefficient (Wildman–Crippen LogP) is 1.90. The van der Waals surface area contributed by atoms with Crippen molar-refractivity contribution in [2.24, 2.45) is 0 Å². The quantitative estimate of drug-likeness (QED) is 0.526. The number of aromatic amines is 1. The number of rotatable bonds is 2. The van der Waals surface area contributed by atoms with Crippen LogP contribution in [-0.2, 0) is 9.59 Å². The summed E-state index contributed by atoms with van der Waals surface area (Å²) in [6.07, 6.45) is -0.123. The van der Waals surface area contributed by atoms with E-state index in [9.17, 15) is 23.2 Å². The summed E-state index contributed by atoms with van der Waals surface area (Å²) in [7, 11) is 0. The van der Waals surface area contributed by atoms with Gasteiger partial charge in [-0.1, -0.05) is 12.1 Å². The van der Waals surface area contributed by atoms with Gasteiger partial charge in [0, 0.05) is 17.5 Å². The average Bonchev–Trinajstić information content (AvgIpc) is 3.07. The number of benzene rings is 2. The molecule has 32 heavy (non-hydrogen) atoms. The van der Waals surface area contributed by atoms with Crippen LogP contribution in [0.5, 0.6) is 0 Å². The summed E-state index contributed by atoms with van der Waals surface area (Å²) in [6.45, 7) is 0.307. The topological polar surface area (TPSA) is 107 Å². The summed E-state index contributed by atoms with van der Waals surface area (Å²) in [4.78, 5) is 39.1. The first-order valence-corrected chi connectivity index (χ1v) is 10.2. The van der Waals surface area contributed by atoms with Gasteiger partial charge in [0.15, 0.2) is 5.78 Å². The lowest BCUT2D eigenvalue weighted by molar-refractivity contribution is -0.150. The third-order valence-corrected chi connectivity index (χ3v) is 6.66. The van der Waals surface area contributed by atoms with Crippen molar-refractivity contribution in [3.63, 3.8) is 0 Å². The molecular weight excluding hydrogens is 420 g/mol. The molecule has 2 aromatic carbocycles. The normalized spacial score (nSPS) is 27.1. The number of nitrogens with one attached hydrogen (secondary N) is 3. The van der Waals surface area contributed by atoms with Crippen molar-refractivity contribution in [1.29, 1.82) is 0 Å².